The number of sulfonamides is 1. The second kappa shape index (κ2) is 9.13. The molecule has 0 fully saturated rings. The fourth-order valence-corrected chi connectivity index (χ4v) is 3.22. The SMILES string of the molecule is C=Cc1cc(CNC(=O)COc2ccc(C(C)(C)C)cc2)ccc1NS(C)(=O)=O. The molecular formula is C22H28N2O4S. The van der Waals surface area contributed by atoms with E-state index in [1.54, 1.807) is 24.3 Å². The minimum Gasteiger partial charge on any atom is -0.484 e. The number of benzene rings is 2. The summed E-state index contributed by atoms with van der Waals surface area (Å²) in [5.74, 6) is 0.390. The van der Waals surface area contributed by atoms with Crippen molar-refractivity contribution in [3.8, 4) is 5.75 Å². The maximum absolute atomic E-state index is 12.1. The van der Waals surface area contributed by atoms with Crippen molar-refractivity contribution in [1.82, 2.24) is 5.32 Å². The van der Waals surface area contributed by atoms with Gasteiger partial charge in [-0.25, -0.2) is 8.42 Å². The van der Waals surface area contributed by atoms with Gasteiger partial charge in [-0.2, -0.15) is 0 Å². The Kier molecular flexibility index (Phi) is 7.08. The lowest BCUT2D eigenvalue weighted by Gasteiger charge is -2.19. The molecule has 2 N–H and O–H groups in total. The van der Waals surface area contributed by atoms with E-state index in [0.29, 0.717) is 23.5 Å². The molecule has 0 atom stereocenters. The monoisotopic (exact) mass is 416 g/mol. The van der Waals surface area contributed by atoms with Gasteiger partial charge in [-0.05, 0) is 46.4 Å². The van der Waals surface area contributed by atoms with E-state index >= 15 is 0 Å². The van der Waals surface area contributed by atoms with E-state index in [-0.39, 0.29) is 17.9 Å². The Labute approximate surface area is 173 Å². The van der Waals surface area contributed by atoms with Crippen molar-refractivity contribution in [1.29, 1.82) is 0 Å². The number of hydrogen-bond acceptors (Lipinski definition) is 4. The molecule has 0 aromatic heterocycles. The Morgan fingerprint density at radius 3 is 2.34 bits per heavy atom. The largest absolute Gasteiger partial charge is 0.484 e. The zero-order chi connectivity index (χ0) is 21.7. The van der Waals surface area contributed by atoms with E-state index < -0.39 is 10.0 Å². The third kappa shape index (κ3) is 7.27. The van der Waals surface area contributed by atoms with Gasteiger partial charge in [-0.1, -0.05) is 51.6 Å². The van der Waals surface area contributed by atoms with Gasteiger partial charge < -0.3 is 10.1 Å². The molecule has 0 aliphatic rings. The van der Waals surface area contributed by atoms with E-state index in [1.807, 2.05) is 24.3 Å². The highest BCUT2D eigenvalue weighted by atomic mass is 32.2. The first-order valence-corrected chi connectivity index (χ1v) is 11.1. The quantitative estimate of drug-likeness (QED) is 0.687. The molecule has 2 rings (SSSR count). The van der Waals surface area contributed by atoms with E-state index in [1.165, 1.54) is 5.56 Å². The Morgan fingerprint density at radius 1 is 1.14 bits per heavy atom. The molecule has 0 unspecified atom stereocenters. The van der Waals surface area contributed by atoms with Crippen LogP contribution < -0.4 is 14.8 Å². The molecular weight excluding hydrogens is 388 g/mol. The van der Waals surface area contributed by atoms with Gasteiger partial charge >= 0.3 is 0 Å². The number of carbonyl (C=O) groups is 1. The van der Waals surface area contributed by atoms with Gasteiger partial charge in [0, 0.05) is 6.54 Å². The topological polar surface area (TPSA) is 84.5 Å². The molecule has 29 heavy (non-hydrogen) atoms. The van der Waals surface area contributed by atoms with E-state index in [9.17, 15) is 13.2 Å². The van der Waals surface area contributed by atoms with Crippen LogP contribution in [0.3, 0.4) is 0 Å². The standard InChI is InChI=1S/C22H28N2O4S/c1-6-17-13-16(7-12-20(17)24-29(5,26)27)14-23-21(25)15-28-19-10-8-18(9-11-19)22(2,3)4/h6-13,24H,1,14-15H2,2-5H3,(H,23,25). The number of anilines is 1. The molecule has 2 aromatic rings. The fraction of sp³-hybridized carbons (Fsp3) is 0.318. The first-order chi connectivity index (χ1) is 13.5. The normalized spacial score (nSPS) is 11.6. The Hall–Kier alpha value is -2.80. The average Bonchev–Trinajstić information content (AvgIpc) is 2.64. The summed E-state index contributed by atoms with van der Waals surface area (Å²) in [7, 11) is -3.38. The molecule has 0 bridgehead atoms. The van der Waals surface area contributed by atoms with Gasteiger partial charge in [-0.3, -0.25) is 9.52 Å². The molecule has 2 aromatic carbocycles. The van der Waals surface area contributed by atoms with Crippen molar-refractivity contribution in [3.63, 3.8) is 0 Å². The summed E-state index contributed by atoms with van der Waals surface area (Å²) in [6, 6.07) is 12.9. The lowest BCUT2D eigenvalue weighted by atomic mass is 9.87. The van der Waals surface area contributed by atoms with Crippen LogP contribution in [-0.2, 0) is 26.8 Å². The molecule has 0 aliphatic heterocycles. The minimum atomic E-state index is -3.38. The molecule has 0 saturated carbocycles. The lowest BCUT2D eigenvalue weighted by Crippen LogP contribution is -2.28. The summed E-state index contributed by atoms with van der Waals surface area (Å²) in [5, 5.41) is 2.79. The Morgan fingerprint density at radius 2 is 1.79 bits per heavy atom. The number of ether oxygens (including phenoxy) is 1. The lowest BCUT2D eigenvalue weighted by molar-refractivity contribution is -0.123. The van der Waals surface area contributed by atoms with E-state index in [0.717, 1.165) is 11.8 Å². The van der Waals surface area contributed by atoms with Crippen LogP contribution in [0, 0.1) is 0 Å². The van der Waals surface area contributed by atoms with Crippen molar-refractivity contribution in [2.75, 3.05) is 17.6 Å². The van der Waals surface area contributed by atoms with Crippen LogP contribution in [0.25, 0.3) is 6.08 Å². The third-order valence-electron chi connectivity index (χ3n) is 4.21. The van der Waals surface area contributed by atoms with Crippen molar-refractivity contribution in [2.24, 2.45) is 0 Å². The number of carbonyl (C=O) groups excluding carboxylic acids is 1. The predicted octanol–water partition coefficient (Wildman–Crippen LogP) is 3.69. The van der Waals surface area contributed by atoms with Gasteiger partial charge in [0.2, 0.25) is 10.0 Å². The molecule has 0 saturated heterocycles. The van der Waals surface area contributed by atoms with Crippen molar-refractivity contribution in [2.45, 2.75) is 32.7 Å². The Balaban J connectivity index is 1.89. The maximum atomic E-state index is 12.1. The summed E-state index contributed by atoms with van der Waals surface area (Å²) in [6.07, 6.45) is 2.65. The van der Waals surface area contributed by atoms with Crippen LogP contribution in [0.2, 0.25) is 0 Å². The number of rotatable bonds is 8. The fourth-order valence-electron chi connectivity index (χ4n) is 2.64. The molecule has 7 heteroatoms. The van der Waals surface area contributed by atoms with Gasteiger partial charge in [-0.15, -0.1) is 0 Å². The molecule has 1 amide bonds. The van der Waals surface area contributed by atoms with Gasteiger partial charge in [0.1, 0.15) is 5.75 Å². The smallest absolute Gasteiger partial charge is 0.258 e. The Bertz CT molecular complexity index is 975. The molecule has 0 heterocycles. The zero-order valence-electron chi connectivity index (χ0n) is 17.3. The number of amides is 1. The number of hydrogen-bond donors (Lipinski definition) is 2. The summed E-state index contributed by atoms with van der Waals surface area (Å²) >= 11 is 0. The highest BCUT2D eigenvalue weighted by Gasteiger charge is 2.13. The summed E-state index contributed by atoms with van der Waals surface area (Å²) in [4.78, 5) is 12.1. The summed E-state index contributed by atoms with van der Waals surface area (Å²) < 4.78 is 30.8. The van der Waals surface area contributed by atoms with Crippen molar-refractivity contribution in [3.05, 3.63) is 65.7 Å². The average molecular weight is 417 g/mol. The first kappa shape index (κ1) is 22.5. The van der Waals surface area contributed by atoms with Crippen LogP contribution in [0.15, 0.2) is 49.0 Å². The maximum Gasteiger partial charge on any atom is 0.258 e. The molecule has 0 spiro atoms. The second-order valence-electron chi connectivity index (χ2n) is 7.84. The minimum absolute atomic E-state index is 0.0621. The zero-order valence-corrected chi connectivity index (χ0v) is 18.1. The van der Waals surface area contributed by atoms with Crippen LogP contribution in [0.1, 0.15) is 37.5 Å². The van der Waals surface area contributed by atoms with Crippen LogP contribution >= 0.6 is 0 Å². The van der Waals surface area contributed by atoms with E-state index in [2.05, 4.69) is 37.4 Å². The molecule has 6 nitrogen and oxygen atoms in total. The van der Waals surface area contributed by atoms with Gasteiger partial charge in [0.05, 0.1) is 11.9 Å². The molecule has 0 radical (unpaired) electrons. The molecule has 156 valence electrons. The predicted molar refractivity (Wildman–Crippen MR) is 117 cm³/mol. The van der Waals surface area contributed by atoms with E-state index in [4.69, 9.17) is 4.74 Å². The second-order valence-corrected chi connectivity index (χ2v) is 9.59. The summed E-state index contributed by atoms with van der Waals surface area (Å²) in [5.41, 5.74) is 3.16. The highest BCUT2D eigenvalue weighted by Crippen LogP contribution is 2.24. The third-order valence-corrected chi connectivity index (χ3v) is 4.80. The molecule has 0 aliphatic carbocycles. The van der Waals surface area contributed by atoms with Gasteiger partial charge in [0.25, 0.3) is 5.91 Å². The van der Waals surface area contributed by atoms with Crippen LogP contribution in [-0.4, -0.2) is 27.2 Å². The van der Waals surface area contributed by atoms with Crippen molar-refractivity contribution >= 4 is 27.7 Å². The van der Waals surface area contributed by atoms with Crippen molar-refractivity contribution < 1.29 is 17.9 Å². The van der Waals surface area contributed by atoms with Gasteiger partial charge in [0.15, 0.2) is 6.61 Å². The first-order valence-electron chi connectivity index (χ1n) is 9.21. The van der Waals surface area contributed by atoms with Crippen LogP contribution in [0.4, 0.5) is 5.69 Å². The summed E-state index contributed by atoms with van der Waals surface area (Å²) in [6.45, 7) is 10.3. The number of nitrogens with one attached hydrogen (secondary N) is 2. The van der Waals surface area contributed by atoms with Crippen LogP contribution in [0.5, 0.6) is 5.75 Å². The highest BCUT2D eigenvalue weighted by molar-refractivity contribution is 7.92.